The first-order chi connectivity index (χ1) is 9.26. The summed E-state index contributed by atoms with van der Waals surface area (Å²) in [6, 6.07) is 4.11. The predicted molar refractivity (Wildman–Crippen MR) is 75.6 cm³/mol. The van der Waals surface area contributed by atoms with Gasteiger partial charge in [0.05, 0.1) is 31.4 Å². The molecule has 1 aliphatic heterocycles. The molecule has 1 atom stereocenters. The van der Waals surface area contributed by atoms with Crippen molar-refractivity contribution in [1.29, 1.82) is 0 Å². The average Bonchev–Trinajstić information content (AvgIpc) is 2.61. The third-order valence-corrected chi connectivity index (χ3v) is 3.79. The van der Waals surface area contributed by atoms with Crippen molar-refractivity contribution in [3.8, 4) is 5.75 Å². The second-order valence-electron chi connectivity index (χ2n) is 4.45. The quantitative estimate of drug-likeness (QED) is 0.842. The Balaban J connectivity index is 2.22. The Kier molecular flexibility index (Phi) is 5.63. The average molecular weight is 331 g/mol. The maximum Gasteiger partial charge on any atom is 0.133 e. The Morgan fingerprint density at radius 1 is 1.47 bits per heavy atom. The summed E-state index contributed by atoms with van der Waals surface area (Å²) in [5, 5.41) is 8.77. The van der Waals surface area contributed by atoms with Crippen LogP contribution in [0, 0.1) is 0 Å². The summed E-state index contributed by atoms with van der Waals surface area (Å²) >= 11 is 3.51. The number of aliphatic hydroxyl groups excluding tert-OH is 1. The maximum atomic E-state index is 8.77. The number of hydrogen-bond donors (Lipinski definition) is 1. The van der Waals surface area contributed by atoms with E-state index in [0.29, 0.717) is 13.2 Å². The molecule has 106 valence electrons. The van der Waals surface area contributed by atoms with E-state index in [4.69, 9.17) is 19.3 Å². The number of aliphatic hydroxyl groups is 1. The van der Waals surface area contributed by atoms with Crippen molar-refractivity contribution in [3.63, 3.8) is 0 Å². The number of ether oxygens (including phenoxy) is 3. The van der Waals surface area contributed by atoms with E-state index >= 15 is 0 Å². The molecule has 0 aromatic heterocycles. The standard InChI is InChI=1S/C14H19BrO4/c1-17-13-7-10-3-2-5-19-14(9-18-6-4-16)11(10)8-12(13)15/h7-8,14,16H,2-6,9H2,1H3. The van der Waals surface area contributed by atoms with Crippen molar-refractivity contribution in [2.75, 3.05) is 33.5 Å². The van der Waals surface area contributed by atoms with Gasteiger partial charge in [0.1, 0.15) is 11.9 Å². The van der Waals surface area contributed by atoms with Crippen molar-refractivity contribution in [2.45, 2.75) is 18.9 Å². The van der Waals surface area contributed by atoms with E-state index in [1.165, 1.54) is 5.56 Å². The number of hydrogen-bond acceptors (Lipinski definition) is 4. The summed E-state index contributed by atoms with van der Waals surface area (Å²) in [5.41, 5.74) is 2.39. The van der Waals surface area contributed by atoms with Crippen molar-refractivity contribution in [3.05, 3.63) is 27.7 Å². The van der Waals surface area contributed by atoms with E-state index < -0.39 is 0 Å². The van der Waals surface area contributed by atoms with Gasteiger partial charge >= 0.3 is 0 Å². The molecule has 0 saturated heterocycles. The molecule has 0 bridgehead atoms. The number of halogens is 1. The Bertz CT molecular complexity index is 422. The lowest BCUT2D eigenvalue weighted by atomic mass is 9.99. The minimum absolute atomic E-state index is 0.0336. The predicted octanol–water partition coefficient (Wildman–Crippen LogP) is 2.47. The van der Waals surface area contributed by atoms with E-state index in [1.807, 2.05) is 6.07 Å². The molecule has 1 aromatic rings. The van der Waals surface area contributed by atoms with Gasteiger partial charge in [-0.15, -0.1) is 0 Å². The van der Waals surface area contributed by atoms with Gasteiger partial charge in [-0.05, 0) is 52.0 Å². The summed E-state index contributed by atoms with van der Waals surface area (Å²) in [7, 11) is 1.67. The van der Waals surface area contributed by atoms with Gasteiger partial charge in [-0.25, -0.2) is 0 Å². The molecule has 1 heterocycles. The third-order valence-electron chi connectivity index (χ3n) is 3.17. The molecule has 0 saturated carbocycles. The molecule has 0 radical (unpaired) electrons. The van der Waals surface area contributed by atoms with Gasteiger partial charge in [0.15, 0.2) is 0 Å². The monoisotopic (exact) mass is 330 g/mol. The van der Waals surface area contributed by atoms with Crippen LogP contribution in [-0.4, -0.2) is 38.6 Å². The molecule has 1 unspecified atom stereocenters. The van der Waals surface area contributed by atoms with Crippen molar-refractivity contribution in [2.24, 2.45) is 0 Å². The Hall–Kier alpha value is -0.620. The number of aryl methyl sites for hydroxylation is 1. The zero-order valence-corrected chi connectivity index (χ0v) is 12.6. The van der Waals surface area contributed by atoms with Gasteiger partial charge in [0, 0.05) is 6.61 Å². The minimum atomic E-state index is -0.0775. The molecule has 0 amide bonds. The topological polar surface area (TPSA) is 47.9 Å². The van der Waals surface area contributed by atoms with E-state index in [2.05, 4.69) is 22.0 Å². The highest BCUT2D eigenvalue weighted by molar-refractivity contribution is 9.10. The second-order valence-corrected chi connectivity index (χ2v) is 5.30. The molecule has 5 heteroatoms. The SMILES string of the molecule is COc1cc2c(cc1Br)C(COCCO)OCCC2. The summed E-state index contributed by atoms with van der Waals surface area (Å²) in [6.07, 6.45) is 1.90. The van der Waals surface area contributed by atoms with Crippen LogP contribution in [0.2, 0.25) is 0 Å². The molecule has 2 rings (SSSR count). The van der Waals surface area contributed by atoms with Crippen LogP contribution in [-0.2, 0) is 15.9 Å². The first kappa shape index (κ1) is 14.8. The van der Waals surface area contributed by atoms with Crippen molar-refractivity contribution < 1.29 is 19.3 Å². The van der Waals surface area contributed by atoms with Crippen LogP contribution in [0.25, 0.3) is 0 Å². The molecule has 1 aromatic carbocycles. The summed E-state index contributed by atoms with van der Waals surface area (Å²) in [6.45, 7) is 1.56. The molecule has 1 aliphatic rings. The first-order valence-corrected chi connectivity index (χ1v) is 7.22. The van der Waals surface area contributed by atoms with Crippen LogP contribution in [0.4, 0.5) is 0 Å². The van der Waals surface area contributed by atoms with Crippen LogP contribution in [0.5, 0.6) is 5.75 Å². The molecule has 19 heavy (non-hydrogen) atoms. The van der Waals surface area contributed by atoms with Gasteiger partial charge in [-0.3, -0.25) is 0 Å². The van der Waals surface area contributed by atoms with Crippen LogP contribution < -0.4 is 4.74 Å². The van der Waals surface area contributed by atoms with Gasteiger partial charge in [0.2, 0.25) is 0 Å². The third kappa shape index (κ3) is 3.69. The maximum absolute atomic E-state index is 8.77. The largest absolute Gasteiger partial charge is 0.496 e. The highest BCUT2D eigenvalue weighted by atomic mass is 79.9. The summed E-state index contributed by atoms with van der Waals surface area (Å²) < 4.78 is 17.5. The van der Waals surface area contributed by atoms with Gasteiger partial charge in [-0.2, -0.15) is 0 Å². The Morgan fingerprint density at radius 3 is 3.05 bits per heavy atom. The fourth-order valence-electron chi connectivity index (χ4n) is 2.25. The lowest BCUT2D eigenvalue weighted by Crippen LogP contribution is -2.14. The number of benzene rings is 1. The van der Waals surface area contributed by atoms with Gasteiger partial charge in [0.25, 0.3) is 0 Å². The van der Waals surface area contributed by atoms with Crippen LogP contribution in [0.15, 0.2) is 16.6 Å². The van der Waals surface area contributed by atoms with Crippen LogP contribution in [0.3, 0.4) is 0 Å². The van der Waals surface area contributed by atoms with Crippen LogP contribution in [0.1, 0.15) is 23.7 Å². The lowest BCUT2D eigenvalue weighted by Gasteiger charge is -2.19. The van der Waals surface area contributed by atoms with E-state index in [0.717, 1.165) is 35.2 Å². The van der Waals surface area contributed by atoms with Crippen LogP contribution >= 0.6 is 15.9 Å². The Morgan fingerprint density at radius 2 is 2.32 bits per heavy atom. The summed E-state index contributed by atoms with van der Waals surface area (Å²) in [4.78, 5) is 0. The van der Waals surface area contributed by atoms with Crippen molar-refractivity contribution in [1.82, 2.24) is 0 Å². The molecule has 0 spiro atoms. The normalized spacial score (nSPS) is 18.8. The van der Waals surface area contributed by atoms with E-state index in [1.54, 1.807) is 7.11 Å². The number of methoxy groups -OCH3 is 1. The number of rotatable bonds is 5. The molecule has 4 nitrogen and oxygen atoms in total. The number of fused-ring (bicyclic) bond motifs is 1. The molecule has 1 N–H and O–H groups in total. The molecule has 0 fully saturated rings. The highest BCUT2D eigenvalue weighted by Gasteiger charge is 2.21. The zero-order chi connectivity index (χ0) is 13.7. The van der Waals surface area contributed by atoms with Gasteiger partial charge in [-0.1, -0.05) is 0 Å². The van der Waals surface area contributed by atoms with E-state index in [9.17, 15) is 0 Å². The fraction of sp³-hybridized carbons (Fsp3) is 0.571. The zero-order valence-electron chi connectivity index (χ0n) is 11.0. The van der Waals surface area contributed by atoms with Gasteiger partial charge < -0.3 is 19.3 Å². The van der Waals surface area contributed by atoms with Crippen molar-refractivity contribution >= 4 is 15.9 Å². The molecular formula is C14H19BrO4. The second kappa shape index (κ2) is 7.24. The summed E-state index contributed by atoms with van der Waals surface area (Å²) in [5.74, 6) is 0.843. The fourth-order valence-corrected chi connectivity index (χ4v) is 2.78. The van der Waals surface area contributed by atoms with E-state index in [-0.39, 0.29) is 12.7 Å². The molecule has 0 aliphatic carbocycles. The smallest absolute Gasteiger partial charge is 0.133 e. The molecular weight excluding hydrogens is 312 g/mol. The Labute approximate surface area is 121 Å². The minimum Gasteiger partial charge on any atom is -0.496 e. The highest BCUT2D eigenvalue weighted by Crippen LogP contribution is 2.35. The first-order valence-electron chi connectivity index (χ1n) is 6.42. The lowest BCUT2D eigenvalue weighted by molar-refractivity contribution is -0.0229.